The Morgan fingerprint density at radius 2 is 1.83 bits per heavy atom. The van der Waals surface area contributed by atoms with Gasteiger partial charge in [-0.15, -0.1) is 0 Å². The van der Waals surface area contributed by atoms with Gasteiger partial charge in [-0.05, 0) is 31.4 Å². The molecular formula is C17H18NO5S+. The molecule has 3 rings (SSSR count). The first-order valence-electron chi connectivity index (χ1n) is 7.42. The Morgan fingerprint density at radius 3 is 2.42 bits per heavy atom. The highest BCUT2D eigenvalue weighted by Gasteiger charge is 2.45. The minimum absolute atomic E-state index is 0.145. The second kappa shape index (κ2) is 5.12. The average molecular weight is 348 g/mol. The zero-order valence-corrected chi connectivity index (χ0v) is 14.4. The first kappa shape index (κ1) is 16.6. The van der Waals surface area contributed by atoms with Crippen molar-refractivity contribution in [3.05, 3.63) is 35.9 Å². The predicted molar refractivity (Wildman–Crippen MR) is 89.9 cm³/mol. The third-order valence-corrected chi connectivity index (χ3v) is 5.71. The van der Waals surface area contributed by atoms with E-state index in [1.54, 1.807) is 28.8 Å². The van der Waals surface area contributed by atoms with Crippen LogP contribution in [0.25, 0.3) is 10.8 Å². The maximum absolute atomic E-state index is 11.6. The highest BCUT2D eigenvalue weighted by molar-refractivity contribution is 7.86. The molecule has 0 unspecified atom stereocenters. The SMILES string of the molecule is CC1=[N+](CC(=O)O)c2ccc3c(S(=O)(=O)O)cccc3c2C1(C)C. The van der Waals surface area contributed by atoms with Gasteiger partial charge in [-0.2, -0.15) is 13.0 Å². The maximum Gasteiger partial charge on any atom is 0.370 e. The first-order valence-corrected chi connectivity index (χ1v) is 8.86. The van der Waals surface area contributed by atoms with Gasteiger partial charge in [0.05, 0.1) is 5.41 Å². The van der Waals surface area contributed by atoms with Gasteiger partial charge in [0.25, 0.3) is 10.1 Å². The summed E-state index contributed by atoms with van der Waals surface area (Å²) < 4.78 is 34.5. The standard InChI is InChI=1S/C17H17NO5S/c1-10-17(2,3)16-12-5-4-6-14(24(21,22)23)11(12)7-8-13(16)18(10)9-15(19)20/h4-8H,9H2,1-3H3,(H-,19,20,21,22,23)/p+1. The Labute approximate surface area is 139 Å². The Morgan fingerprint density at radius 1 is 1.17 bits per heavy atom. The van der Waals surface area contributed by atoms with Crippen LogP contribution in [0.1, 0.15) is 26.3 Å². The summed E-state index contributed by atoms with van der Waals surface area (Å²) in [6, 6.07) is 8.06. The number of carbonyl (C=O) groups is 1. The normalized spacial score (nSPS) is 16.5. The van der Waals surface area contributed by atoms with Crippen molar-refractivity contribution in [1.29, 1.82) is 0 Å². The largest absolute Gasteiger partial charge is 0.477 e. The van der Waals surface area contributed by atoms with E-state index in [0.29, 0.717) is 10.8 Å². The van der Waals surface area contributed by atoms with Crippen molar-refractivity contribution in [2.75, 3.05) is 6.54 Å². The molecule has 0 aromatic heterocycles. The van der Waals surface area contributed by atoms with Crippen molar-refractivity contribution < 1.29 is 27.4 Å². The molecule has 126 valence electrons. The van der Waals surface area contributed by atoms with E-state index < -0.39 is 21.5 Å². The lowest BCUT2D eigenvalue weighted by Gasteiger charge is -2.17. The van der Waals surface area contributed by atoms with Gasteiger partial charge >= 0.3 is 5.97 Å². The number of benzene rings is 2. The van der Waals surface area contributed by atoms with Gasteiger partial charge < -0.3 is 5.11 Å². The molecule has 0 spiro atoms. The fourth-order valence-corrected chi connectivity index (χ4v) is 4.17. The van der Waals surface area contributed by atoms with Crippen LogP contribution < -0.4 is 0 Å². The lowest BCUT2D eigenvalue weighted by Crippen LogP contribution is -2.28. The Balaban J connectivity index is 2.40. The lowest BCUT2D eigenvalue weighted by atomic mass is 9.80. The van der Waals surface area contributed by atoms with Gasteiger partial charge in [-0.1, -0.05) is 12.1 Å². The Kier molecular flexibility index (Phi) is 3.54. The number of rotatable bonds is 3. The van der Waals surface area contributed by atoms with E-state index >= 15 is 0 Å². The van der Waals surface area contributed by atoms with Crippen LogP contribution in [0.3, 0.4) is 0 Å². The molecule has 1 aliphatic rings. The van der Waals surface area contributed by atoms with Gasteiger partial charge in [0, 0.05) is 23.9 Å². The Hall–Kier alpha value is -2.25. The number of hydrogen-bond acceptors (Lipinski definition) is 3. The smallest absolute Gasteiger partial charge is 0.370 e. The minimum atomic E-state index is -4.34. The van der Waals surface area contributed by atoms with E-state index in [4.69, 9.17) is 0 Å². The van der Waals surface area contributed by atoms with E-state index in [9.17, 15) is 22.9 Å². The zero-order chi connectivity index (χ0) is 17.9. The van der Waals surface area contributed by atoms with Crippen molar-refractivity contribution >= 4 is 38.3 Å². The fourth-order valence-electron chi connectivity index (χ4n) is 3.46. The first-order chi connectivity index (χ1) is 11.0. The van der Waals surface area contributed by atoms with Crippen LogP contribution in [0.15, 0.2) is 35.2 Å². The van der Waals surface area contributed by atoms with Crippen LogP contribution in [0.2, 0.25) is 0 Å². The molecule has 0 radical (unpaired) electrons. The summed E-state index contributed by atoms with van der Waals surface area (Å²) in [6.07, 6.45) is 0. The number of hydrogen-bond donors (Lipinski definition) is 2. The third kappa shape index (κ3) is 2.32. The molecule has 0 saturated heterocycles. The highest BCUT2D eigenvalue weighted by atomic mass is 32.2. The molecule has 0 aliphatic carbocycles. The van der Waals surface area contributed by atoms with Crippen molar-refractivity contribution in [1.82, 2.24) is 0 Å². The number of carboxylic acid groups (broad SMARTS) is 1. The maximum atomic E-state index is 11.6. The molecule has 1 aliphatic heterocycles. The lowest BCUT2D eigenvalue weighted by molar-refractivity contribution is -0.429. The van der Waals surface area contributed by atoms with Crippen LogP contribution in [0.4, 0.5) is 5.69 Å². The molecule has 0 bridgehead atoms. The third-order valence-electron chi connectivity index (χ3n) is 4.80. The topological polar surface area (TPSA) is 94.7 Å². The van der Waals surface area contributed by atoms with Crippen LogP contribution in [-0.2, 0) is 20.3 Å². The molecule has 1 heterocycles. The van der Waals surface area contributed by atoms with E-state index in [2.05, 4.69) is 0 Å². The molecule has 0 fully saturated rings. The summed E-state index contributed by atoms with van der Waals surface area (Å²) in [5, 5.41) is 10.3. The molecular weight excluding hydrogens is 330 g/mol. The summed E-state index contributed by atoms with van der Waals surface area (Å²) in [7, 11) is -4.34. The van der Waals surface area contributed by atoms with Gasteiger partial charge in [-0.25, -0.2) is 4.79 Å². The van der Waals surface area contributed by atoms with Crippen LogP contribution in [0, 0.1) is 0 Å². The molecule has 6 nitrogen and oxygen atoms in total. The quantitative estimate of drug-likeness (QED) is 0.657. The molecule has 2 aromatic rings. The summed E-state index contributed by atoms with van der Waals surface area (Å²) >= 11 is 0. The predicted octanol–water partition coefficient (Wildman–Crippen LogP) is 2.57. The number of fused-ring (bicyclic) bond motifs is 3. The number of nitrogens with zero attached hydrogens (tertiary/aromatic N) is 1. The number of carboxylic acids is 1. The molecule has 0 amide bonds. The summed E-state index contributed by atoms with van der Waals surface area (Å²) in [5.41, 5.74) is 2.04. The van der Waals surface area contributed by atoms with Gasteiger partial charge in [0.2, 0.25) is 12.2 Å². The van der Waals surface area contributed by atoms with Crippen molar-refractivity contribution in [3.8, 4) is 0 Å². The van der Waals surface area contributed by atoms with Crippen LogP contribution >= 0.6 is 0 Å². The molecule has 24 heavy (non-hydrogen) atoms. The van der Waals surface area contributed by atoms with Crippen LogP contribution in [-0.4, -0.2) is 40.9 Å². The van der Waals surface area contributed by atoms with Crippen molar-refractivity contribution in [2.24, 2.45) is 0 Å². The van der Waals surface area contributed by atoms with E-state index in [0.717, 1.165) is 17.0 Å². The van der Waals surface area contributed by atoms with Crippen LogP contribution in [0.5, 0.6) is 0 Å². The molecule has 0 atom stereocenters. The minimum Gasteiger partial charge on any atom is -0.477 e. The van der Waals surface area contributed by atoms with E-state index in [1.807, 2.05) is 20.8 Å². The Bertz CT molecular complexity index is 1020. The fraction of sp³-hybridized carbons (Fsp3) is 0.294. The molecule has 2 N–H and O–H groups in total. The second-order valence-electron chi connectivity index (χ2n) is 6.48. The highest BCUT2D eigenvalue weighted by Crippen LogP contribution is 2.44. The number of aliphatic carboxylic acids is 1. The summed E-state index contributed by atoms with van der Waals surface area (Å²) in [6.45, 7) is 5.67. The van der Waals surface area contributed by atoms with Gasteiger partial charge in [0.15, 0.2) is 5.71 Å². The van der Waals surface area contributed by atoms with Crippen molar-refractivity contribution in [2.45, 2.75) is 31.1 Å². The summed E-state index contributed by atoms with van der Waals surface area (Å²) in [4.78, 5) is 11.1. The molecule has 7 heteroatoms. The monoisotopic (exact) mass is 348 g/mol. The van der Waals surface area contributed by atoms with E-state index in [-0.39, 0.29) is 11.4 Å². The molecule has 0 saturated carbocycles. The average Bonchev–Trinajstić information content (AvgIpc) is 2.66. The zero-order valence-electron chi connectivity index (χ0n) is 13.6. The van der Waals surface area contributed by atoms with Gasteiger partial charge in [0.1, 0.15) is 4.90 Å². The molecule has 2 aromatic carbocycles. The van der Waals surface area contributed by atoms with Gasteiger partial charge in [-0.3, -0.25) is 4.55 Å². The van der Waals surface area contributed by atoms with E-state index in [1.165, 1.54) is 6.07 Å². The summed E-state index contributed by atoms with van der Waals surface area (Å²) in [5.74, 6) is -0.940. The van der Waals surface area contributed by atoms with Crippen molar-refractivity contribution in [3.63, 3.8) is 0 Å². The second-order valence-corrected chi connectivity index (χ2v) is 7.87.